The lowest BCUT2D eigenvalue weighted by atomic mass is 9.68. The normalized spacial score (nSPS) is 14.8. The molecule has 0 saturated heterocycles. The van der Waals surface area contributed by atoms with Crippen LogP contribution >= 0.6 is 11.3 Å². The maximum Gasteiger partial charge on any atom is 0.0547 e. The van der Waals surface area contributed by atoms with Gasteiger partial charge in [0.25, 0.3) is 0 Å². The fraction of sp³-hybridized carbons (Fsp3) is 0.111. The van der Waals surface area contributed by atoms with Crippen molar-refractivity contribution in [3.63, 3.8) is 0 Å². The topological polar surface area (TPSA) is 9.86 Å². The zero-order chi connectivity index (χ0) is 37.2. The van der Waals surface area contributed by atoms with Gasteiger partial charge in [0.15, 0.2) is 0 Å². The molecule has 2 aliphatic carbocycles. The number of hydrogen-bond acceptors (Lipinski definition) is 1. The number of thiophene rings is 1. The summed E-state index contributed by atoms with van der Waals surface area (Å²) in [6.07, 6.45) is 6.38. The molecule has 2 nitrogen and oxygen atoms in total. The number of para-hydroxylation sites is 2. The van der Waals surface area contributed by atoms with Crippen molar-refractivity contribution < 1.29 is 0 Å². The number of hydrogen-bond donors (Lipinski definition) is 0. The summed E-state index contributed by atoms with van der Waals surface area (Å²) in [5.74, 6) is 0. The van der Waals surface area contributed by atoms with Crippen LogP contribution in [0.1, 0.15) is 43.2 Å². The molecule has 0 bridgehead atoms. The molecule has 0 aliphatic heterocycles. The first-order chi connectivity index (χ1) is 28.2. The van der Waals surface area contributed by atoms with E-state index in [1.807, 2.05) is 11.3 Å². The predicted octanol–water partition coefficient (Wildman–Crippen LogP) is 15.1. The number of benzene rings is 8. The first kappa shape index (κ1) is 31.7. The molecule has 57 heavy (non-hydrogen) atoms. The standard InChI is InChI=1S/C54H38N2S/c1-3-13-36(14-4-1)55-49-25-22-34(29-43(49)44-32-47-42(33-51(44)55)38-15-5-8-18-46(38)54(47)27-11-2-12-28-54)35-21-24-40-39-16-6-9-19-48(39)56(50(40)30-35)37-23-26-53-45(31-37)41-17-7-10-20-52(41)57-53/h1,3-10,13-26,29-33H,2,11-12,27-28H2. The molecular formula is C54H38N2S. The van der Waals surface area contributed by atoms with Gasteiger partial charge in [-0.15, -0.1) is 11.3 Å². The second kappa shape index (κ2) is 11.8. The molecule has 1 spiro atoms. The van der Waals surface area contributed by atoms with E-state index in [4.69, 9.17) is 0 Å². The van der Waals surface area contributed by atoms with Crippen molar-refractivity contribution in [3.8, 4) is 33.6 Å². The molecule has 2 aliphatic rings. The van der Waals surface area contributed by atoms with Crippen LogP contribution in [0, 0.1) is 0 Å². The first-order valence-corrected chi connectivity index (χ1v) is 21.3. The van der Waals surface area contributed by atoms with Crippen LogP contribution in [0.2, 0.25) is 0 Å². The zero-order valence-corrected chi connectivity index (χ0v) is 32.3. The number of fused-ring (bicyclic) bond motifs is 14. The van der Waals surface area contributed by atoms with Crippen LogP contribution in [-0.4, -0.2) is 9.13 Å². The molecule has 3 heteroatoms. The summed E-state index contributed by atoms with van der Waals surface area (Å²) >= 11 is 1.87. The lowest BCUT2D eigenvalue weighted by Gasteiger charge is -2.36. The largest absolute Gasteiger partial charge is 0.309 e. The van der Waals surface area contributed by atoms with E-state index in [1.54, 1.807) is 5.56 Å². The maximum atomic E-state index is 2.60. The Morgan fingerprint density at radius 2 is 1.04 bits per heavy atom. The van der Waals surface area contributed by atoms with Crippen molar-refractivity contribution in [3.05, 3.63) is 181 Å². The van der Waals surface area contributed by atoms with Gasteiger partial charge in [-0.1, -0.05) is 116 Å². The van der Waals surface area contributed by atoms with Gasteiger partial charge in [-0.2, -0.15) is 0 Å². The Balaban J connectivity index is 1.05. The predicted molar refractivity (Wildman–Crippen MR) is 243 cm³/mol. The number of rotatable bonds is 3. The van der Waals surface area contributed by atoms with E-state index in [9.17, 15) is 0 Å². The molecule has 0 amide bonds. The van der Waals surface area contributed by atoms with Crippen molar-refractivity contribution in [2.24, 2.45) is 0 Å². The zero-order valence-electron chi connectivity index (χ0n) is 31.5. The molecule has 13 rings (SSSR count). The van der Waals surface area contributed by atoms with Gasteiger partial charge in [0.2, 0.25) is 0 Å². The third-order valence-corrected chi connectivity index (χ3v) is 14.7. The average Bonchev–Trinajstić information content (AvgIpc) is 3.98. The molecule has 270 valence electrons. The van der Waals surface area contributed by atoms with Crippen LogP contribution in [0.25, 0.3) is 97.4 Å². The van der Waals surface area contributed by atoms with Gasteiger partial charge in [0.05, 0.1) is 22.1 Å². The fourth-order valence-electron chi connectivity index (χ4n) is 11.0. The molecule has 1 saturated carbocycles. The Bertz CT molecular complexity index is 3440. The van der Waals surface area contributed by atoms with E-state index >= 15 is 0 Å². The third kappa shape index (κ3) is 4.41. The van der Waals surface area contributed by atoms with Crippen molar-refractivity contribution in [2.75, 3.05) is 0 Å². The van der Waals surface area contributed by atoms with Gasteiger partial charge in [-0.25, -0.2) is 0 Å². The summed E-state index contributed by atoms with van der Waals surface area (Å²) in [7, 11) is 0. The molecule has 3 aromatic heterocycles. The highest BCUT2D eigenvalue weighted by Crippen LogP contribution is 2.57. The van der Waals surface area contributed by atoms with E-state index in [0.717, 1.165) is 0 Å². The molecule has 0 atom stereocenters. The van der Waals surface area contributed by atoms with Crippen LogP contribution in [0.4, 0.5) is 0 Å². The third-order valence-electron chi connectivity index (χ3n) is 13.5. The van der Waals surface area contributed by atoms with Gasteiger partial charge in [0.1, 0.15) is 0 Å². The smallest absolute Gasteiger partial charge is 0.0547 e. The molecule has 3 heterocycles. The highest BCUT2D eigenvalue weighted by atomic mass is 32.1. The lowest BCUT2D eigenvalue weighted by molar-refractivity contribution is 0.353. The van der Waals surface area contributed by atoms with Crippen LogP contribution in [-0.2, 0) is 5.41 Å². The van der Waals surface area contributed by atoms with Gasteiger partial charge in [-0.3, -0.25) is 0 Å². The SMILES string of the molecule is c1ccc(-n2c3ccc(-c4ccc5c6ccccc6n(-c6ccc7sc8ccccc8c7c6)c5c4)cc3c3cc4c(cc32)-c2ccccc2C42CCCCC2)cc1. The van der Waals surface area contributed by atoms with E-state index in [2.05, 4.69) is 179 Å². The van der Waals surface area contributed by atoms with Crippen molar-refractivity contribution in [1.82, 2.24) is 9.13 Å². The van der Waals surface area contributed by atoms with Crippen LogP contribution in [0.15, 0.2) is 170 Å². The minimum Gasteiger partial charge on any atom is -0.309 e. The highest BCUT2D eigenvalue weighted by Gasteiger charge is 2.44. The Labute approximate surface area is 334 Å². The second-order valence-electron chi connectivity index (χ2n) is 16.4. The molecule has 11 aromatic rings. The van der Waals surface area contributed by atoms with Crippen molar-refractivity contribution in [1.29, 1.82) is 0 Å². The summed E-state index contributed by atoms with van der Waals surface area (Å²) in [4.78, 5) is 0. The van der Waals surface area contributed by atoms with E-state index in [-0.39, 0.29) is 5.41 Å². The van der Waals surface area contributed by atoms with Crippen molar-refractivity contribution in [2.45, 2.75) is 37.5 Å². The summed E-state index contributed by atoms with van der Waals surface area (Å²) in [5, 5.41) is 7.86. The molecule has 0 radical (unpaired) electrons. The molecule has 0 unspecified atom stereocenters. The van der Waals surface area contributed by atoms with E-state index < -0.39 is 0 Å². The quantitative estimate of drug-likeness (QED) is 0.170. The number of nitrogens with zero attached hydrogens (tertiary/aromatic N) is 2. The Morgan fingerprint density at radius 3 is 1.95 bits per heavy atom. The lowest BCUT2D eigenvalue weighted by Crippen LogP contribution is -2.27. The van der Waals surface area contributed by atoms with Crippen LogP contribution in [0.5, 0.6) is 0 Å². The summed E-state index contributed by atoms with van der Waals surface area (Å²) < 4.78 is 7.63. The Morgan fingerprint density at radius 1 is 0.368 bits per heavy atom. The molecule has 1 fully saturated rings. The van der Waals surface area contributed by atoms with E-state index in [0.29, 0.717) is 0 Å². The monoisotopic (exact) mass is 746 g/mol. The van der Waals surface area contributed by atoms with Gasteiger partial charge < -0.3 is 9.13 Å². The van der Waals surface area contributed by atoms with Gasteiger partial charge in [0, 0.05) is 58.5 Å². The summed E-state index contributed by atoms with van der Waals surface area (Å²) in [6.45, 7) is 0. The fourth-order valence-corrected chi connectivity index (χ4v) is 12.1. The van der Waals surface area contributed by atoms with Gasteiger partial charge in [-0.05, 0) is 119 Å². The summed E-state index contributed by atoms with van der Waals surface area (Å²) in [6, 6.07) is 64.3. The first-order valence-electron chi connectivity index (χ1n) is 20.5. The maximum absolute atomic E-state index is 2.60. The molecular weight excluding hydrogens is 709 g/mol. The van der Waals surface area contributed by atoms with Crippen molar-refractivity contribution >= 4 is 75.1 Å². The Kier molecular flexibility index (Phi) is 6.57. The summed E-state index contributed by atoms with van der Waals surface area (Å²) in [5.41, 5.74) is 15.9. The minimum absolute atomic E-state index is 0.105. The molecule has 8 aromatic carbocycles. The minimum atomic E-state index is 0.105. The van der Waals surface area contributed by atoms with Crippen LogP contribution < -0.4 is 0 Å². The Hall–Kier alpha value is -6.42. The average molecular weight is 747 g/mol. The van der Waals surface area contributed by atoms with Crippen LogP contribution in [0.3, 0.4) is 0 Å². The van der Waals surface area contributed by atoms with E-state index in [1.165, 1.54) is 135 Å². The molecule has 0 N–H and O–H groups in total. The second-order valence-corrected chi connectivity index (χ2v) is 17.5. The highest BCUT2D eigenvalue weighted by molar-refractivity contribution is 7.25. The van der Waals surface area contributed by atoms with Gasteiger partial charge >= 0.3 is 0 Å². The number of aromatic nitrogens is 2.